The standard InChI is InChI=1S/C22H25ClN2O2/c1-3-14-11-15(12-16-13-20(26)24-22(14)16)18-5-4-6-19(21(18)23)25-9-7-17(27-2)8-10-25/h4-6,11-12,17H,3,7-10,13H2,1-2H3,(H,24,26). The summed E-state index contributed by atoms with van der Waals surface area (Å²) in [6.45, 7) is 4.01. The number of fused-ring (bicyclic) bond motifs is 1. The molecule has 1 saturated heterocycles. The molecule has 2 aliphatic heterocycles. The van der Waals surface area contributed by atoms with E-state index in [0.29, 0.717) is 12.5 Å². The lowest BCUT2D eigenvalue weighted by Crippen LogP contribution is -2.36. The second-order valence-corrected chi connectivity index (χ2v) is 7.69. The monoisotopic (exact) mass is 384 g/mol. The van der Waals surface area contributed by atoms with Gasteiger partial charge in [0.05, 0.1) is 23.2 Å². The minimum atomic E-state index is 0.0673. The van der Waals surface area contributed by atoms with E-state index in [9.17, 15) is 4.79 Å². The van der Waals surface area contributed by atoms with Crippen LogP contribution in [0.4, 0.5) is 11.4 Å². The molecule has 0 radical (unpaired) electrons. The smallest absolute Gasteiger partial charge is 0.228 e. The number of nitrogens with one attached hydrogen (secondary N) is 1. The summed E-state index contributed by atoms with van der Waals surface area (Å²) in [7, 11) is 1.78. The molecule has 0 spiro atoms. The van der Waals surface area contributed by atoms with Crippen LogP contribution in [0.25, 0.3) is 11.1 Å². The van der Waals surface area contributed by atoms with E-state index in [4.69, 9.17) is 16.3 Å². The van der Waals surface area contributed by atoms with E-state index in [1.54, 1.807) is 7.11 Å². The predicted octanol–water partition coefficient (Wildman–Crippen LogP) is 4.68. The molecule has 0 bridgehead atoms. The number of nitrogens with zero attached hydrogens (tertiary/aromatic N) is 1. The van der Waals surface area contributed by atoms with Gasteiger partial charge in [0.25, 0.3) is 0 Å². The van der Waals surface area contributed by atoms with Gasteiger partial charge in [-0.3, -0.25) is 4.79 Å². The molecule has 1 fully saturated rings. The lowest BCUT2D eigenvalue weighted by atomic mass is 9.96. The molecule has 5 heteroatoms. The number of hydrogen-bond acceptors (Lipinski definition) is 3. The predicted molar refractivity (Wildman–Crippen MR) is 111 cm³/mol. The van der Waals surface area contributed by atoms with Crippen LogP contribution in [-0.2, 0) is 22.4 Å². The van der Waals surface area contributed by atoms with E-state index in [0.717, 1.165) is 71.0 Å². The largest absolute Gasteiger partial charge is 0.381 e. The zero-order chi connectivity index (χ0) is 19.0. The van der Waals surface area contributed by atoms with Crippen molar-refractivity contribution in [3.05, 3.63) is 46.5 Å². The van der Waals surface area contributed by atoms with Gasteiger partial charge in [0, 0.05) is 31.5 Å². The van der Waals surface area contributed by atoms with Crippen molar-refractivity contribution in [1.29, 1.82) is 0 Å². The third-order valence-corrected chi connectivity index (χ3v) is 6.10. The van der Waals surface area contributed by atoms with Crippen LogP contribution in [0, 0.1) is 0 Å². The van der Waals surface area contributed by atoms with Crippen LogP contribution in [-0.4, -0.2) is 32.2 Å². The van der Waals surface area contributed by atoms with Gasteiger partial charge in [-0.15, -0.1) is 0 Å². The number of aryl methyl sites for hydroxylation is 1. The second-order valence-electron chi connectivity index (χ2n) is 7.31. The summed E-state index contributed by atoms with van der Waals surface area (Å²) < 4.78 is 5.48. The Labute approximate surface area is 165 Å². The molecular formula is C22H25ClN2O2. The van der Waals surface area contributed by atoms with Crippen molar-refractivity contribution in [3.8, 4) is 11.1 Å². The summed E-state index contributed by atoms with van der Waals surface area (Å²) in [6.07, 6.45) is 3.70. The van der Waals surface area contributed by atoms with Gasteiger partial charge >= 0.3 is 0 Å². The highest BCUT2D eigenvalue weighted by atomic mass is 35.5. The van der Waals surface area contributed by atoms with Crippen LogP contribution in [0.3, 0.4) is 0 Å². The number of amides is 1. The average Bonchev–Trinajstić information content (AvgIpc) is 3.07. The van der Waals surface area contributed by atoms with Crippen molar-refractivity contribution >= 4 is 28.9 Å². The van der Waals surface area contributed by atoms with Crippen molar-refractivity contribution in [3.63, 3.8) is 0 Å². The van der Waals surface area contributed by atoms with Crippen LogP contribution in [0.1, 0.15) is 30.9 Å². The maximum atomic E-state index is 11.8. The number of hydrogen-bond donors (Lipinski definition) is 1. The fourth-order valence-corrected chi connectivity index (χ4v) is 4.53. The molecule has 0 saturated carbocycles. The normalized spacial score (nSPS) is 17.1. The van der Waals surface area contributed by atoms with Gasteiger partial charge in [-0.1, -0.05) is 30.7 Å². The number of rotatable bonds is 4. The summed E-state index contributed by atoms with van der Waals surface area (Å²) in [4.78, 5) is 14.2. The van der Waals surface area contributed by atoms with Gasteiger partial charge in [0.15, 0.2) is 0 Å². The Morgan fingerprint density at radius 3 is 2.74 bits per heavy atom. The second kappa shape index (κ2) is 7.53. The summed E-state index contributed by atoms with van der Waals surface area (Å²) in [5.74, 6) is 0.0673. The molecule has 0 aliphatic carbocycles. The Morgan fingerprint density at radius 2 is 2.04 bits per heavy atom. The Hall–Kier alpha value is -2.04. The van der Waals surface area contributed by atoms with Gasteiger partial charge in [-0.05, 0) is 54.2 Å². The molecule has 2 aromatic rings. The number of halogens is 1. The van der Waals surface area contributed by atoms with Crippen molar-refractivity contribution in [1.82, 2.24) is 0 Å². The van der Waals surface area contributed by atoms with Crippen LogP contribution in [0.15, 0.2) is 30.3 Å². The first kappa shape index (κ1) is 18.3. The quantitative estimate of drug-likeness (QED) is 0.832. The number of ether oxygens (including phenoxy) is 1. The fourth-order valence-electron chi connectivity index (χ4n) is 4.18. The van der Waals surface area contributed by atoms with Crippen LogP contribution < -0.4 is 10.2 Å². The molecule has 27 heavy (non-hydrogen) atoms. The zero-order valence-corrected chi connectivity index (χ0v) is 16.6. The Balaban J connectivity index is 1.70. The molecule has 142 valence electrons. The summed E-state index contributed by atoms with van der Waals surface area (Å²) >= 11 is 6.87. The number of piperidine rings is 1. The van der Waals surface area contributed by atoms with Gasteiger partial charge in [-0.25, -0.2) is 0 Å². The van der Waals surface area contributed by atoms with Gasteiger partial charge < -0.3 is 15.0 Å². The summed E-state index contributed by atoms with van der Waals surface area (Å²) in [5.41, 5.74) is 6.41. The first-order valence-corrected chi connectivity index (χ1v) is 10.0. The van der Waals surface area contributed by atoms with Crippen molar-refractivity contribution in [2.75, 3.05) is 30.4 Å². The molecule has 0 atom stereocenters. The van der Waals surface area contributed by atoms with E-state index >= 15 is 0 Å². The lowest BCUT2D eigenvalue weighted by Gasteiger charge is -2.33. The van der Waals surface area contributed by atoms with Crippen LogP contribution in [0.2, 0.25) is 5.02 Å². The number of methoxy groups -OCH3 is 1. The highest BCUT2D eigenvalue weighted by molar-refractivity contribution is 6.36. The summed E-state index contributed by atoms with van der Waals surface area (Å²) in [6, 6.07) is 10.5. The average molecular weight is 385 g/mol. The van der Waals surface area contributed by atoms with Crippen LogP contribution >= 0.6 is 11.6 Å². The number of carbonyl (C=O) groups excluding carboxylic acids is 1. The molecule has 4 nitrogen and oxygen atoms in total. The first-order chi connectivity index (χ1) is 13.1. The number of benzene rings is 2. The SMILES string of the molecule is CCc1cc(-c2cccc(N3CCC(OC)CC3)c2Cl)cc2c1NC(=O)C2. The third kappa shape index (κ3) is 3.44. The van der Waals surface area contributed by atoms with E-state index in [1.807, 2.05) is 0 Å². The Morgan fingerprint density at radius 1 is 1.26 bits per heavy atom. The highest BCUT2D eigenvalue weighted by Gasteiger charge is 2.24. The number of carbonyl (C=O) groups is 1. The molecule has 2 aliphatic rings. The minimum absolute atomic E-state index is 0.0673. The Bertz CT molecular complexity index is 873. The zero-order valence-electron chi connectivity index (χ0n) is 15.8. The van der Waals surface area contributed by atoms with E-state index in [-0.39, 0.29) is 5.91 Å². The Kier molecular flexibility index (Phi) is 5.11. The highest BCUT2D eigenvalue weighted by Crippen LogP contribution is 2.40. The lowest BCUT2D eigenvalue weighted by molar-refractivity contribution is -0.115. The molecule has 0 unspecified atom stereocenters. The first-order valence-electron chi connectivity index (χ1n) is 9.63. The van der Waals surface area contributed by atoms with Crippen molar-refractivity contribution < 1.29 is 9.53 Å². The molecular weight excluding hydrogens is 360 g/mol. The fraction of sp³-hybridized carbons (Fsp3) is 0.409. The van der Waals surface area contributed by atoms with Gasteiger partial charge in [0.1, 0.15) is 0 Å². The third-order valence-electron chi connectivity index (χ3n) is 5.70. The van der Waals surface area contributed by atoms with Crippen LogP contribution in [0.5, 0.6) is 0 Å². The molecule has 0 aromatic heterocycles. The topological polar surface area (TPSA) is 41.6 Å². The van der Waals surface area contributed by atoms with Crippen molar-refractivity contribution in [2.45, 2.75) is 38.7 Å². The van der Waals surface area contributed by atoms with Crippen molar-refractivity contribution in [2.24, 2.45) is 0 Å². The van der Waals surface area contributed by atoms with E-state index in [1.165, 1.54) is 0 Å². The molecule has 1 amide bonds. The number of anilines is 2. The van der Waals surface area contributed by atoms with E-state index < -0.39 is 0 Å². The molecule has 1 N–H and O–H groups in total. The molecule has 4 rings (SSSR count). The van der Waals surface area contributed by atoms with Gasteiger partial charge in [-0.2, -0.15) is 0 Å². The summed E-state index contributed by atoms with van der Waals surface area (Å²) in [5, 5.41) is 3.78. The van der Waals surface area contributed by atoms with Gasteiger partial charge in [0.2, 0.25) is 5.91 Å². The maximum absolute atomic E-state index is 11.8. The maximum Gasteiger partial charge on any atom is 0.228 e. The molecule has 2 aromatic carbocycles. The minimum Gasteiger partial charge on any atom is -0.381 e. The molecule has 2 heterocycles. The van der Waals surface area contributed by atoms with E-state index in [2.05, 4.69) is 47.5 Å².